The van der Waals surface area contributed by atoms with Crippen molar-refractivity contribution in [3.63, 3.8) is 0 Å². The van der Waals surface area contributed by atoms with E-state index in [9.17, 15) is 8.78 Å². The van der Waals surface area contributed by atoms with E-state index in [1.165, 1.54) is 5.56 Å². The normalized spacial score (nSPS) is 12.8. The maximum Gasteiger partial charge on any atom is 0.255 e. The highest BCUT2D eigenvalue weighted by Gasteiger charge is 2.15. The zero-order valence-corrected chi connectivity index (χ0v) is 14.9. The molecule has 0 radical (unpaired) electrons. The Hall–Kier alpha value is -2.16. The zero-order chi connectivity index (χ0) is 18.1. The molecule has 0 heterocycles. The fourth-order valence-corrected chi connectivity index (χ4v) is 2.61. The summed E-state index contributed by atoms with van der Waals surface area (Å²) in [6.45, 7) is 11.1. The first-order valence-corrected chi connectivity index (χ1v) is 8.10. The largest absolute Gasteiger partial charge is 0.368 e. The number of benzene rings is 1. The molecule has 0 N–H and O–H groups in total. The van der Waals surface area contributed by atoms with Crippen LogP contribution in [0, 0.1) is 0 Å². The van der Waals surface area contributed by atoms with Crippen LogP contribution < -0.4 is 0 Å². The van der Waals surface area contributed by atoms with Crippen molar-refractivity contribution in [3.05, 3.63) is 77.9 Å². The zero-order valence-electron chi connectivity index (χ0n) is 14.9. The Kier molecular flexibility index (Phi) is 8.17. The van der Waals surface area contributed by atoms with E-state index in [1.807, 2.05) is 50.3 Å². The molecule has 0 unspecified atom stereocenters. The molecule has 0 spiro atoms. The first kappa shape index (κ1) is 19.9. The average Bonchev–Trinajstić information content (AvgIpc) is 2.53. The molecule has 0 saturated carbocycles. The van der Waals surface area contributed by atoms with Gasteiger partial charge in [0.2, 0.25) is 0 Å². The van der Waals surface area contributed by atoms with Gasteiger partial charge in [0.25, 0.3) is 6.43 Å². The molecule has 1 aromatic rings. The summed E-state index contributed by atoms with van der Waals surface area (Å²) in [6.07, 6.45) is 5.09. The van der Waals surface area contributed by atoms with Crippen LogP contribution in [0.3, 0.4) is 0 Å². The van der Waals surface area contributed by atoms with Gasteiger partial charge in [0.1, 0.15) is 0 Å². The monoisotopic (exact) mass is 331 g/mol. The van der Waals surface area contributed by atoms with Crippen molar-refractivity contribution < 1.29 is 8.78 Å². The quantitative estimate of drug-likeness (QED) is 0.404. The molecule has 0 aromatic heterocycles. The molecule has 0 bridgehead atoms. The molecule has 0 aliphatic rings. The van der Waals surface area contributed by atoms with Gasteiger partial charge < -0.3 is 4.90 Å². The summed E-state index contributed by atoms with van der Waals surface area (Å²) in [6, 6.07) is 8.09. The number of rotatable bonds is 9. The van der Waals surface area contributed by atoms with Crippen molar-refractivity contribution in [2.45, 2.75) is 33.1 Å². The molecule has 0 amide bonds. The SMILES string of the molecule is C=CCCc1ccc(/C(=C(C)/C=C(/C)C=C)N(C)CC(F)F)cc1. The van der Waals surface area contributed by atoms with Gasteiger partial charge >= 0.3 is 0 Å². The number of allylic oxidation sites excluding steroid dienone is 5. The third-order valence-electron chi connectivity index (χ3n) is 3.80. The molecule has 130 valence electrons. The van der Waals surface area contributed by atoms with Crippen LogP contribution in [0.2, 0.25) is 0 Å². The Morgan fingerprint density at radius 2 is 1.79 bits per heavy atom. The van der Waals surface area contributed by atoms with Gasteiger partial charge in [0.15, 0.2) is 0 Å². The van der Waals surface area contributed by atoms with Crippen molar-refractivity contribution in [2.75, 3.05) is 13.6 Å². The summed E-state index contributed by atoms with van der Waals surface area (Å²) in [7, 11) is 1.70. The van der Waals surface area contributed by atoms with Crippen LogP contribution in [-0.2, 0) is 6.42 Å². The summed E-state index contributed by atoms with van der Waals surface area (Å²) in [4.78, 5) is 1.62. The Balaban J connectivity index is 3.24. The number of nitrogens with zero attached hydrogens (tertiary/aromatic N) is 1. The highest BCUT2D eigenvalue weighted by Crippen LogP contribution is 2.25. The second-order valence-electron chi connectivity index (χ2n) is 5.92. The van der Waals surface area contributed by atoms with E-state index in [2.05, 4.69) is 13.2 Å². The van der Waals surface area contributed by atoms with Crippen molar-refractivity contribution in [1.29, 1.82) is 0 Å². The van der Waals surface area contributed by atoms with Gasteiger partial charge in [-0.15, -0.1) is 6.58 Å². The highest BCUT2D eigenvalue weighted by molar-refractivity contribution is 5.69. The van der Waals surface area contributed by atoms with E-state index >= 15 is 0 Å². The van der Waals surface area contributed by atoms with Crippen LogP contribution >= 0.6 is 0 Å². The van der Waals surface area contributed by atoms with Crippen LogP contribution in [0.4, 0.5) is 8.78 Å². The topological polar surface area (TPSA) is 3.24 Å². The third-order valence-corrected chi connectivity index (χ3v) is 3.80. The molecule has 0 saturated heterocycles. The Morgan fingerprint density at radius 1 is 1.17 bits per heavy atom. The first-order valence-electron chi connectivity index (χ1n) is 8.10. The first-order chi connectivity index (χ1) is 11.4. The predicted molar refractivity (Wildman–Crippen MR) is 100 cm³/mol. The minimum atomic E-state index is -2.38. The molecule has 1 aromatic carbocycles. The van der Waals surface area contributed by atoms with Gasteiger partial charge in [-0.2, -0.15) is 0 Å². The fraction of sp³-hybridized carbons (Fsp3) is 0.333. The summed E-state index contributed by atoms with van der Waals surface area (Å²) < 4.78 is 25.7. The molecule has 3 heteroatoms. The number of hydrogen-bond acceptors (Lipinski definition) is 1. The summed E-state index contributed by atoms with van der Waals surface area (Å²) in [5.74, 6) is 0. The van der Waals surface area contributed by atoms with Crippen LogP contribution in [-0.4, -0.2) is 24.9 Å². The van der Waals surface area contributed by atoms with E-state index in [0.717, 1.165) is 35.2 Å². The van der Waals surface area contributed by atoms with Crippen LogP contribution in [0.15, 0.2) is 66.8 Å². The molecular formula is C21H27F2N. The summed E-state index contributed by atoms with van der Waals surface area (Å²) in [5, 5.41) is 0. The second kappa shape index (κ2) is 9.86. The van der Waals surface area contributed by atoms with Crippen molar-refractivity contribution >= 4 is 5.70 Å². The lowest BCUT2D eigenvalue weighted by molar-refractivity contribution is 0.120. The van der Waals surface area contributed by atoms with Crippen LogP contribution in [0.1, 0.15) is 31.4 Å². The lowest BCUT2D eigenvalue weighted by atomic mass is 10.0. The molecule has 0 aliphatic carbocycles. The van der Waals surface area contributed by atoms with Gasteiger partial charge in [0.05, 0.1) is 6.54 Å². The highest BCUT2D eigenvalue weighted by atomic mass is 19.3. The van der Waals surface area contributed by atoms with E-state index in [0.29, 0.717) is 0 Å². The summed E-state index contributed by atoms with van der Waals surface area (Å²) in [5.41, 5.74) is 4.90. The van der Waals surface area contributed by atoms with Crippen molar-refractivity contribution in [1.82, 2.24) is 4.90 Å². The standard InChI is InChI=1S/C21H27F2N/c1-6-8-9-18-10-12-19(13-11-18)21(24(5)15-20(22)23)17(4)14-16(3)7-2/h6-7,10-14,20H,1-2,8-9,15H2,3-5H3/b16-14-,21-17-. The minimum Gasteiger partial charge on any atom is -0.368 e. The van der Waals surface area contributed by atoms with E-state index < -0.39 is 6.43 Å². The van der Waals surface area contributed by atoms with Gasteiger partial charge in [-0.1, -0.05) is 54.6 Å². The molecule has 24 heavy (non-hydrogen) atoms. The predicted octanol–water partition coefficient (Wildman–Crippen LogP) is 5.87. The molecular weight excluding hydrogens is 304 g/mol. The van der Waals surface area contributed by atoms with E-state index in [-0.39, 0.29) is 6.54 Å². The third kappa shape index (κ3) is 6.15. The smallest absolute Gasteiger partial charge is 0.255 e. The molecule has 0 aliphatic heterocycles. The van der Waals surface area contributed by atoms with Gasteiger partial charge in [-0.05, 0) is 43.4 Å². The van der Waals surface area contributed by atoms with E-state index in [1.54, 1.807) is 18.0 Å². The second-order valence-corrected chi connectivity index (χ2v) is 5.92. The van der Waals surface area contributed by atoms with Crippen LogP contribution in [0.25, 0.3) is 5.70 Å². The Morgan fingerprint density at radius 3 is 2.29 bits per heavy atom. The minimum absolute atomic E-state index is 0.300. The van der Waals surface area contributed by atoms with E-state index in [4.69, 9.17) is 0 Å². The Labute approximate surface area is 144 Å². The lowest BCUT2D eigenvalue weighted by Gasteiger charge is -2.25. The average molecular weight is 331 g/mol. The Bertz CT molecular complexity index is 609. The van der Waals surface area contributed by atoms with Gasteiger partial charge in [0, 0.05) is 12.7 Å². The number of hydrogen-bond donors (Lipinski definition) is 0. The molecule has 1 nitrogen and oxygen atoms in total. The number of alkyl halides is 2. The summed E-state index contributed by atoms with van der Waals surface area (Å²) >= 11 is 0. The van der Waals surface area contributed by atoms with Gasteiger partial charge in [-0.25, -0.2) is 8.78 Å². The molecule has 1 rings (SSSR count). The number of aryl methyl sites for hydroxylation is 1. The lowest BCUT2D eigenvalue weighted by Crippen LogP contribution is -2.24. The van der Waals surface area contributed by atoms with Gasteiger partial charge in [-0.3, -0.25) is 0 Å². The maximum atomic E-state index is 12.9. The molecule has 0 atom stereocenters. The number of halogens is 2. The molecule has 0 fully saturated rings. The van der Waals surface area contributed by atoms with Crippen LogP contribution in [0.5, 0.6) is 0 Å². The van der Waals surface area contributed by atoms with Crippen molar-refractivity contribution in [3.8, 4) is 0 Å². The van der Waals surface area contributed by atoms with Crippen molar-refractivity contribution in [2.24, 2.45) is 0 Å². The fourth-order valence-electron chi connectivity index (χ4n) is 2.61. The maximum absolute atomic E-state index is 12.9.